The number of carbonyl (C=O) groups is 1. The number of fused-ring (bicyclic) bond motifs is 2. The van der Waals surface area contributed by atoms with Crippen molar-refractivity contribution in [2.24, 2.45) is 5.92 Å². The number of carbonyl (C=O) groups excluding carboxylic acids is 1. The van der Waals surface area contributed by atoms with Gasteiger partial charge in [-0.3, -0.25) is 0 Å². The lowest BCUT2D eigenvalue weighted by Gasteiger charge is -2.48. The second kappa shape index (κ2) is 5.70. The molecule has 0 aromatic carbocycles. The second-order valence-corrected chi connectivity index (χ2v) is 8.62. The maximum atomic E-state index is 12.5. The van der Waals surface area contributed by atoms with Gasteiger partial charge in [-0.1, -0.05) is 19.3 Å². The quantitative estimate of drug-likeness (QED) is 0.800. The molecule has 1 amide bonds. The van der Waals surface area contributed by atoms with Crippen molar-refractivity contribution >= 4 is 6.09 Å². The van der Waals surface area contributed by atoms with Crippen LogP contribution in [0.25, 0.3) is 0 Å². The molecule has 0 aromatic rings. The van der Waals surface area contributed by atoms with Crippen LogP contribution in [-0.4, -0.2) is 39.4 Å². The van der Waals surface area contributed by atoms with E-state index >= 15 is 0 Å². The van der Waals surface area contributed by atoms with Crippen LogP contribution >= 0.6 is 0 Å². The molecule has 1 aliphatic carbocycles. The van der Waals surface area contributed by atoms with Crippen LogP contribution in [-0.2, 0) is 4.74 Å². The van der Waals surface area contributed by atoms with Gasteiger partial charge in [-0.15, -0.1) is 0 Å². The van der Waals surface area contributed by atoms with Gasteiger partial charge in [0.15, 0.2) is 0 Å². The zero-order valence-corrected chi connectivity index (χ0v) is 14.3. The number of piperidine rings is 1. The number of hydrogen-bond donors (Lipinski definition) is 1. The fourth-order valence-corrected chi connectivity index (χ4v) is 4.85. The van der Waals surface area contributed by atoms with Gasteiger partial charge in [0.1, 0.15) is 5.60 Å². The topological polar surface area (TPSA) is 49.8 Å². The van der Waals surface area contributed by atoms with Crippen molar-refractivity contribution in [1.82, 2.24) is 4.90 Å². The predicted molar refractivity (Wildman–Crippen MR) is 85.6 cm³/mol. The molecule has 0 spiro atoms. The predicted octanol–water partition coefficient (Wildman–Crippen LogP) is 3.86. The summed E-state index contributed by atoms with van der Waals surface area (Å²) in [6, 6.07) is 0.334. The third kappa shape index (κ3) is 3.12. The monoisotopic (exact) mass is 309 g/mol. The molecule has 22 heavy (non-hydrogen) atoms. The van der Waals surface area contributed by atoms with Crippen molar-refractivity contribution in [3.8, 4) is 0 Å². The summed E-state index contributed by atoms with van der Waals surface area (Å²) in [4.78, 5) is 14.4. The minimum absolute atomic E-state index is 0.167. The van der Waals surface area contributed by atoms with Gasteiger partial charge in [0.25, 0.3) is 0 Å². The third-order valence-corrected chi connectivity index (χ3v) is 5.77. The Hall–Kier alpha value is -0.770. The van der Waals surface area contributed by atoms with Crippen LogP contribution in [0.4, 0.5) is 4.79 Å². The van der Waals surface area contributed by atoms with Crippen LogP contribution in [0.3, 0.4) is 0 Å². The summed E-state index contributed by atoms with van der Waals surface area (Å²) in [5.74, 6) is 0.435. The fraction of sp³-hybridized carbons (Fsp3) is 0.944. The second-order valence-electron chi connectivity index (χ2n) is 8.62. The van der Waals surface area contributed by atoms with Crippen LogP contribution in [0.15, 0.2) is 0 Å². The van der Waals surface area contributed by atoms with E-state index in [-0.39, 0.29) is 18.2 Å². The summed E-state index contributed by atoms with van der Waals surface area (Å²) in [5.41, 5.74) is -1.00. The van der Waals surface area contributed by atoms with Gasteiger partial charge in [-0.25, -0.2) is 4.79 Å². The molecule has 0 aromatic heterocycles. The maximum absolute atomic E-state index is 12.5. The number of aliphatic hydroxyl groups is 1. The van der Waals surface area contributed by atoms with Crippen molar-refractivity contribution in [3.63, 3.8) is 0 Å². The van der Waals surface area contributed by atoms with Gasteiger partial charge in [0.2, 0.25) is 0 Å². The Labute approximate surface area is 134 Å². The molecule has 2 heterocycles. The van der Waals surface area contributed by atoms with Crippen LogP contribution < -0.4 is 0 Å². The van der Waals surface area contributed by atoms with Gasteiger partial charge in [0, 0.05) is 12.1 Å². The highest BCUT2D eigenvalue weighted by molar-refractivity contribution is 5.69. The van der Waals surface area contributed by atoms with E-state index in [9.17, 15) is 9.90 Å². The van der Waals surface area contributed by atoms with E-state index in [2.05, 4.69) is 0 Å². The van der Waals surface area contributed by atoms with Crippen LogP contribution in [0.5, 0.6) is 0 Å². The largest absolute Gasteiger partial charge is 0.444 e. The zero-order chi connectivity index (χ0) is 16.0. The summed E-state index contributed by atoms with van der Waals surface area (Å²) < 4.78 is 5.58. The van der Waals surface area contributed by atoms with E-state index in [1.807, 2.05) is 25.7 Å². The van der Waals surface area contributed by atoms with Gasteiger partial charge in [-0.2, -0.15) is 0 Å². The van der Waals surface area contributed by atoms with Crippen molar-refractivity contribution < 1.29 is 14.6 Å². The maximum Gasteiger partial charge on any atom is 0.410 e. The number of nitrogens with zero attached hydrogens (tertiary/aromatic N) is 1. The van der Waals surface area contributed by atoms with Crippen molar-refractivity contribution in [3.05, 3.63) is 0 Å². The molecule has 4 nitrogen and oxygen atoms in total. The molecule has 4 heteroatoms. The summed E-state index contributed by atoms with van der Waals surface area (Å²) in [7, 11) is 0. The summed E-state index contributed by atoms with van der Waals surface area (Å²) >= 11 is 0. The molecular weight excluding hydrogens is 278 g/mol. The van der Waals surface area contributed by atoms with Gasteiger partial charge >= 0.3 is 6.09 Å². The fourth-order valence-electron chi connectivity index (χ4n) is 4.85. The molecule has 2 unspecified atom stereocenters. The summed E-state index contributed by atoms with van der Waals surface area (Å²) in [5, 5.41) is 11.2. The molecule has 3 aliphatic rings. The highest BCUT2D eigenvalue weighted by Gasteiger charge is 2.52. The lowest BCUT2D eigenvalue weighted by molar-refractivity contribution is -0.0994. The molecule has 3 fully saturated rings. The average Bonchev–Trinajstić information content (AvgIpc) is 2.71. The summed E-state index contributed by atoms with van der Waals surface area (Å²) in [6.45, 7) is 5.74. The van der Waals surface area contributed by atoms with Gasteiger partial charge < -0.3 is 14.7 Å². The molecular formula is C18H31NO3. The normalized spacial score (nSPS) is 36.5. The third-order valence-electron chi connectivity index (χ3n) is 5.77. The standard InChI is InChI=1S/C18H31NO3/c1-17(2,3)22-16(20)19-14-9-10-15(19)12-18(21,11-14)13-7-5-4-6-8-13/h13-15,21H,4-12H2,1-3H3. The van der Waals surface area contributed by atoms with Crippen LogP contribution in [0, 0.1) is 5.92 Å². The molecule has 2 bridgehead atoms. The lowest BCUT2D eigenvalue weighted by Crippen LogP contribution is -2.56. The first-order chi connectivity index (χ1) is 10.3. The Bertz CT molecular complexity index is 409. The van der Waals surface area contributed by atoms with Gasteiger partial charge in [-0.05, 0) is 65.2 Å². The highest BCUT2D eigenvalue weighted by atomic mass is 16.6. The molecule has 1 N–H and O–H groups in total. The smallest absolute Gasteiger partial charge is 0.410 e. The first kappa shape index (κ1) is 16.1. The Balaban J connectivity index is 1.69. The number of hydrogen-bond acceptors (Lipinski definition) is 3. The van der Waals surface area contributed by atoms with E-state index < -0.39 is 11.2 Å². The molecule has 2 saturated heterocycles. The SMILES string of the molecule is CC(C)(C)OC(=O)N1C2CCC1CC(O)(C1CCCCC1)C2. The van der Waals surface area contributed by atoms with Crippen LogP contribution in [0.1, 0.15) is 78.6 Å². The van der Waals surface area contributed by atoms with Crippen molar-refractivity contribution in [1.29, 1.82) is 0 Å². The molecule has 1 saturated carbocycles. The van der Waals surface area contributed by atoms with E-state index in [0.717, 1.165) is 38.5 Å². The first-order valence-corrected chi connectivity index (χ1v) is 9.02. The van der Waals surface area contributed by atoms with E-state index in [4.69, 9.17) is 4.74 Å². The van der Waals surface area contributed by atoms with Gasteiger partial charge in [0.05, 0.1) is 5.60 Å². The number of amides is 1. The number of rotatable bonds is 1. The summed E-state index contributed by atoms with van der Waals surface area (Å²) in [6.07, 6.45) is 9.44. The van der Waals surface area contributed by atoms with Crippen molar-refractivity contribution in [2.75, 3.05) is 0 Å². The Morgan fingerprint density at radius 1 is 1.05 bits per heavy atom. The van der Waals surface area contributed by atoms with E-state index in [0.29, 0.717) is 5.92 Å². The molecule has 2 aliphatic heterocycles. The molecule has 0 radical (unpaired) electrons. The molecule has 126 valence electrons. The average molecular weight is 309 g/mol. The lowest BCUT2D eigenvalue weighted by atomic mass is 9.70. The first-order valence-electron chi connectivity index (χ1n) is 9.02. The molecule has 3 rings (SSSR count). The zero-order valence-electron chi connectivity index (χ0n) is 14.3. The van der Waals surface area contributed by atoms with E-state index in [1.165, 1.54) is 19.3 Å². The van der Waals surface area contributed by atoms with E-state index in [1.54, 1.807) is 0 Å². The Kier molecular flexibility index (Phi) is 4.17. The highest BCUT2D eigenvalue weighted by Crippen LogP contribution is 2.47. The number of ether oxygens (including phenoxy) is 1. The Morgan fingerprint density at radius 2 is 1.59 bits per heavy atom. The minimum Gasteiger partial charge on any atom is -0.444 e. The minimum atomic E-state index is -0.551. The van der Waals surface area contributed by atoms with Crippen LogP contribution in [0.2, 0.25) is 0 Å². The molecule has 2 atom stereocenters. The Morgan fingerprint density at radius 3 is 2.09 bits per heavy atom. The van der Waals surface area contributed by atoms with Crippen molar-refractivity contribution in [2.45, 2.75) is 102 Å².